The lowest BCUT2D eigenvalue weighted by Crippen LogP contribution is -2.01. The molecule has 1 heterocycles. The van der Waals surface area contributed by atoms with E-state index in [0.29, 0.717) is 11.8 Å². The van der Waals surface area contributed by atoms with Crippen molar-refractivity contribution >= 4 is 28.4 Å². The van der Waals surface area contributed by atoms with Gasteiger partial charge in [-0.2, -0.15) is 4.98 Å². The molecule has 0 aliphatic heterocycles. The standard InChI is InChI=1S/C16H16N4/c1-10-7-11(2)9-12(8-10)18-16-19-14-6-4-3-5-13(14)15(17)20-16/h3-9H,1-2H3,(H3,17,18,19,20). The summed E-state index contributed by atoms with van der Waals surface area (Å²) in [6, 6.07) is 14.0. The van der Waals surface area contributed by atoms with Gasteiger partial charge in [0.25, 0.3) is 0 Å². The van der Waals surface area contributed by atoms with Gasteiger partial charge >= 0.3 is 0 Å². The lowest BCUT2D eigenvalue weighted by molar-refractivity contribution is 1.22. The molecule has 0 spiro atoms. The van der Waals surface area contributed by atoms with Crippen molar-refractivity contribution < 1.29 is 0 Å². The third-order valence-electron chi connectivity index (χ3n) is 3.11. The molecule has 0 aliphatic carbocycles. The molecule has 0 saturated heterocycles. The molecule has 0 amide bonds. The van der Waals surface area contributed by atoms with Gasteiger partial charge in [0.2, 0.25) is 5.95 Å². The fourth-order valence-electron chi connectivity index (χ4n) is 2.33. The summed E-state index contributed by atoms with van der Waals surface area (Å²) in [6.45, 7) is 4.13. The molecular formula is C16H16N4. The van der Waals surface area contributed by atoms with Crippen molar-refractivity contribution in [3.8, 4) is 0 Å². The van der Waals surface area contributed by atoms with Crippen molar-refractivity contribution in [2.24, 2.45) is 0 Å². The second-order valence-corrected chi connectivity index (χ2v) is 4.95. The molecule has 0 atom stereocenters. The van der Waals surface area contributed by atoms with Gasteiger partial charge in [-0.3, -0.25) is 0 Å². The Morgan fingerprint density at radius 2 is 1.65 bits per heavy atom. The smallest absolute Gasteiger partial charge is 0.229 e. The highest BCUT2D eigenvalue weighted by molar-refractivity contribution is 5.89. The second-order valence-electron chi connectivity index (χ2n) is 4.95. The first-order chi connectivity index (χ1) is 9.61. The molecular weight excluding hydrogens is 248 g/mol. The number of fused-ring (bicyclic) bond motifs is 1. The first kappa shape index (κ1) is 12.4. The van der Waals surface area contributed by atoms with Crippen molar-refractivity contribution in [1.29, 1.82) is 0 Å². The lowest BCUT2D eigenvalue weighted by atomic mass is 10.1. The van der Waals surface area contributed by atoms with Gasteiger partial charge in [0.05, 0.1) is 5.52 Å². The number of nitrogens with one attached hydrogen (secondary N) is 1. The van der Waals surface area contributed by atoms with Crippen LogP contribution in [0.3, 0.4) is 0 Å². The van der Waals surface area contributed by atoms with Crippen LogP contribution in [0.25, 0.3) is 10.9 Å². The minimum Gasteiger partial charge on any atom is -0.383 e. The summed E-state index contributed by atoms with van der Waals surface area (Å²) in [5.74, 6) is 1.01. The molecule has 0 unspecified atom stereocenters. The van der Waals surface area contributed by atoms with Gasteiger partial charge < -0.3 is 11.1 Å². The van der Waals surface area contributed by atoms with E-state index in [1.807, 2.05) is 24.3 Å². The Hall–Kier alpha value is -2.62. The average Bonchev–Trinajstić information content (AvgIpc) is 2.37. The summed E-state index contributed by atoms with van der Waals surface area (Å²) in [6.07, 6.45) is 0. The van der Waals surface area contributed by atoms with E-state index in [1.54, 1.807) is 0 Å². The highest BCUT2D eigenvalue weighted by Crippen LogP contribution is 2.22. The largest absolute Gasteiger partial charge is 0.383 e. The summed E-state index contributed by atoms with van der Waals surface area (Å²) >= 11 is 0. The van der Waals surface area contributed by atoms with Crippen LogP contribution in [0.15, 0.2) is 42.5 Å². The van der Waals surface area contributed by atoms with Crippen molar-refractivity contribution in [1.82, 2.24) is 9.97 Å². The fraction of sp³-hybridized carbons (Fsp3) is 0.125. The Morgan fingerprint density at radius 1 is 0.950 bits per heavy atom. The van der Waals surface area contributed by atoms with Crippen LogP contribution in [0.1, 0.15) is 11.1 Å². The molecule has 3 rings (SSSR count). The van der Waals surface area contributed by atoms with Gasteiger partial charge in [0.1, 0.15) is 5.82 Å². The van der Waals surface area contributed by atoms with Gasteiger partial charge in [-0.25, -0.2) is 4.98 Å². The first-order valence-corrected chi connectivity index (χ1v) is 6.49. The van der Waals surface area contributed by atoms with Crippen molar-refractivity contribution in [2.45, 2.75) is 13.8 Å². The molecule has 0 radical (unpaired) electrons. The maximum atomic E-state index is 5.98. The molecule has 4 nitrogen and oxygen atoms in total. The van der Waals surface area contributed by atoms with E-state index in [2.05, 4.69) is 47.3 Å². The predicted molar refractivity (Wildman–Crippen MR) is 83.1 cm³/mol. The van der Waals surface area contributed by atoms with Crippen molar-refractivity contribution in [3.63, 3.8) is 0 Å². The number of nitrogens with two attached hydrogens (primary N) is 1. The Kier molecular flexibility index (Phi) is 2.99. The van der Waals surface area contributed by atoms with Crippen LogP contribution < -0.4 is 11.1 Å². The number of hydrogen-bond donors (Lipinski definition) is 2. The number of para-hydroxylation sites is 1. The Labute approximate surface area is 117 Å². The van der Waals surface area contributed by atoms with E-state index >= 15 is 0 Å². The molecule has 3 N–H and O–H groups in total. The predicted octanol–water partition coefficient (Wildman–Crippen LogP) is 3.57. The van der Waals surface area contributed by atoms with E-state index in [4.69, 9.17) is 5.73 Å². The number of benzene rings is 2. The van der Waals surface area contributed by atoms with E-state index in [9.17, 15) is 0 Å². The monoisotopic (exact) mass is 264 g/mol. The number of aromatic nitrogens is 2. The SMILES string of the molecule is Cc1cc(C)cc(Nc2nc(N)c3ccccc3n2)c1. The van der Waals surface area contributed by atoms with Crippen molar-refractivity contribution in [2.75, 3.05) is 11.1 Å². The van der Waals surface area contributed by atoms with Crippen LogP contribution in [-0.2, 0) is 0 Å². The number of nitrogen functional groups attached to an aromatic ring is 1. The average molecular weight is 264 g/mol. The minimum absolute atomic E-state index is 0.488. The molecule has 0 bridgehead atoms. The number of aryl methyl sites for hydroxylation is 2. The number of rotatable bonds is 2. The highest BCUT2D eigenvalue weighted by Gasteiger charge is 2.05. The summed E-state index contributed by atoms with van der Waals surface area (Å²) < 4.78 is 0. The van der Waals surface area contributed by atoms with Crippen LogP contribution in [-0.4, -0.2) is 9.97 Å². The molecule has 0 saturated carbocycles. The third kappa shape index (κ3) is 2.40. The van der Waals surface area contributed by atoms with Crippen molar-refractivity contribution in [3.05, 3.63) is 53.6 Å². The maximum absolute atomic E-state index is 5.98. The quantitative estimate of drug-likeness (QED) is 0.742. The molecule has 3 aromatic rings. The Balaban J connectivity index is 2.02. The van der Waals surface area contributed by atoms with Crippen LogP contribution >= 0.6 is 0 Å². The minimum atomic E-state index is 0.488. The molecule has 4 heteroatoms. The zero-order chi connectivity index (χ0) is 14.1. The van der Waals surface area contributed by atoms with Gasteiger partial charge in [-0.05, 0) is 49.2 Å². The van der Waals surface area contributed by atoms with Gasteiger partial charge in [0, 0.05) is 11.1 Å². The summed E-state index contributed by atoms with van der Waals surface area (Å²) in [5, 5.41) is 4.09. The molecule has 20 heavy (non-hydrogen) atoms. The third-order valence-corrected chi connectivity index (χ3v) is 3.11. The first-order valence-electron chi connectivity index (χ1n) is 6.49. The second kappa shape index (κ2) is 4.81. The van der Waals surface area contributed by atoms with Crippen LogP contribution in [0.4, 0.5) is 17.5 Å². The Bertz CT molecular complexity index is 760. The van der Waals surface area contributed by atoms with Gasteiger partial charge in [0.15, 0.2) is 0 Å². The summed E-state index contributed by atoms with van der Waals surface area (Å²) in [5.41, 5.74) is 10.2. The molecule has 1 aromatic heterocycles. The molecule has 100 valence electrons. The van der Waals surface area contributed by atoms with Gasteiger partial charge in [-0.15, -0.1) is 0 Å². The zero-order valence-electron chi connectivity index (χ0n) is 11.5. The Morgan fingerprint density at radius 3 is 2.40 bits per heavy atom. The van der Waals surface area contributed by atoms with E-state index in [0.717, 1.165) is 16.6 Å². The number of hydrogen-bond acceptors (Lipinski definition) is 4. The van der Waals surface area contributed by atoms with Crippen LogP contribution in [0, 0.1) is 13.8 Å². The van der Waals surface area contributed by atoms with Gasteiger partial charge in [-0.1, -0.05) is 18.2 Å². The van der Waals surface area contributed by atoms with Crippen LogP contribution in [0.2, 0.25) is 0 Å². The van der Waals surface area contributed by atoms with E-state index < -0.39 is 0 Å². The summed E-state index contributed by atoms with van der Waals surface area (Å²) in [7, 11) is 0. The fourth-order valence-corrected chi connectivity index (χ4v) is 2.33. The molecule has 0 aliphatic rings. The lowest BCUT2D eigenvalue weighted by Gasteiger charge is -2.09. The topological polar surface area (TPSA) is 63.8 Å². The van der Waals surface area contributed by atoms with Crippen LogP contribution in [0.5, 0.6) is 0 Å². The molecule has 0 fully saturated rings. The normalized spacial score (nSPS) is 10.7. The van der Waals surface area contributed by atoms with E-state index in [-0.39, 0.29) is 0 Å². The maximum Gasteiger partial charge on any atom is 0.229 e. The highest BCUT2D eigenvalue weighted by atomic mass is 15.1. The molecule has 2 aromatic carbocycles. The number of anilines is 3. The van der Waals surface area contributed by atoms with E-state index in [1.165, 1.54) is 11.1 Å². The zero-order valence-corrected chi connectivity index (χ0v) is 11.5. The summed E-state index contributed by atoms with van der Waals surface area (Å²) in [4.78, 5) is 8.80. The number of nitrogens with zero attached hydrogens (tertiary/aromatic N) is 2.